The topological polar surface area (TPSA) is 141 Å². The number of hydrogen-bond acceptors (Lipinski definition) is 10. The maximum Gasteiger partial charge on any atom is 0.269 e. The van der Waals surface area contributed by atoms with E-state index in [0.717, 1.165) is 57.3 Å². The molecule has 5 rings (SSSR count). The van der Waals surface area contributed by atoms with Crippen LogP contribution in [0.3, 0.4) is 0 Å². The minimum Gasteiger partial charge on any atom is -0.392 e. The molecule has 3 aliphatic heterocycles. The van der Waals surface area contributed by atoms with E-state index in [1.165, 1.54) is 0 Å². The Morgan fingerprint density at radius 1 is 0.900 bits per heavy atom. The van der Waals surface area contributed by atoms with E-state index in [2.05, 4.69) is 40.8 Å². The first-order chi connectivity index (χ1) is 19.0. The van der Waals surface area contributed by atoms with Crippen molar-refractivity contribution in [3.8, 4) is 0 Å². The van der Waals surface area contributed by atoms with Gasteiger partial charge in [0.15, 0.2) is 0 Å². The number of epoxide rings is 1. The maximum absolute atomic E-state index is 10.6. The Balaban J connectivity index is 0.000000196. The normalized spacial score (nSPS) is 23.2. The molecule has 220 valence electrons. The van der Waals surface area contributed by atoms with Gasteiger partial charge in [0.1, 0.15) is 0 Å². The molecule has 0 unspecified atom stereocenters. The molecule has 12 heteroatoms. The zero-order valence-corrected chi connectivity index (χ0v) is 23.8. The fourth-order valence-corrected chi connectivity index (χ4v) is 4.67. The number of piperazine rings is 2. The van der Waals surface area contributed by atoms with E-state index in [4.69, 9.17) is 4.74 Å². The van der Waals surface area contributed by atoms with Crippen molar-refractivity contribution in [2.45, 2.75) is 52.0 Å². The summed E-state index contributed by atoms with van der Waals surface area (Å²) in [5.41, 5.74) is 2.33. The Morgan fingerprint density at radius 3 is 1.75 bits per heavy atom. The number of ether oxygens (including phenoxy) is 1. The third-order valence-corrected chi connectivity index (χ3v) is 6.98. The second-order valence-corrected chi connectivity index (χ2v) is 10.6. The number of nitro groups is 2. The average Bonchev–Trinajstić information content (AvgIpc) is 3.72. The van der Waals surface area contributed by atoms with E-state index in [1.807, 2.05) is 12.1 Å². The number of aliphatic hydroxyl groups is 1. The maximum atomic E-state index is 10.6. The highest BCUT2D eigenvalue weighted by Crippen LogP contribution is 2.23. The number of benzene rings is 2. The van der Waals surface area contributed by atoms with Crippen molar-refractivity contribution in [3.63, 3.8) is 0 Å². The van der Waals surface area contributed by atoms with Crippen LogP contribution >= 0.6 is 0 Å². The molecular formula is C28H42N6O6. The molecule has 0 saturated carbocycles. The monoisotopic (exact) mass is 558 g/mol. The fraction of sp³-hybridized carbons (Fsp3) is 0.571. The lowest BCUT2D eigenvalue weighted by atomic mass is 10.1. The van der Waals surface area contributed by atoms with Gasteiger partial charge in [-0.05, 0) is 52.0 Å². The zero-order valence-electron chi connectivity index (χ0n) is 23.8. The van der Waals surface area contributed by atoms with Gasteiger partial charge in [0.25, 0.3) is 11.4 Å². The van der Waals surface area contributed by atoms with Gasteiger partial charge in [0.2, 0.25) is 0 Å². The number of anilines is 2. The highest BCUT2D eigenvalue weighted by Gasteiger charge is 2.25. The molecule has 0 amide bonds. The summed E-state index contributed by atoms with van der Waals surface area (Å²) in [7, 11) is 0. The molecule has 4 atom stereocenters. The number of rotatable bonds is 6. The molecule has 0 radical (unpaired) electrons. The third kappa shape index (κ3) is 10.0. The van der Waals surface area contributed by atoms with Crippen molar-refractivity contribution in [3.05, 3.63) is 68.8 Å². The van der Waals surface area contributed by atoms with Gasteiger partial charge in [-0.2, -0.15) is 0 Å². The summed E-state index contributed by atoms with van der Waals surface area (Å²) in [5, 5.41) is 34.0. The zero-order chi connectivity index (χ0) is 29.2. The van der Waals surface area contributed by atoms with E-state index < -0.39 is 0 Å². The second kappa shape index (κ2) is 14.9. The number of nitrogens with one attached hydrogen (secondary N) is 1. The lowest BCUT2D eigenvalue weighted by Crippen LogP contribution is -2.53. The number of aliphatic hydroxyl groups excluding tert-OH is 1. The first-order valence-electron chi connectivity index (χ1n) is 13.8. The van der Waals surface area contributed by atoms with Gasteiger partial charge >= 0.3 is 0 Å². The molecule has 3 aliphatic rings. The van der Waals surface area contributed by atoms with Crippen molar-refractivity contribution < 1.29 is 19.7 Å². The van der Waals surface area contributed by atoms with E-state index in [9.17, 15) is 25.3 Å². The Kier molecular flexibility index (Phi) is 11.6. The van der Waals surface area contributed by atoms with Gasteiger partial charge in [-0.25, -0.2) is 0 Å². The van der Waals surface area contributed by atoms with Crippen LogP contribution in [0.2, 0.25) is 0 Å². The molecule has 0 aromatic heterocycles. The molecule has 2 aromatic rings. The standard InChI is InChI=1S/C14H21N3O3.C11H15N3O2.C3H6O/c1-11-9-16(8-7-15(11)10-12(2)18)13-3-5-14(6-4-13)17(19)20;1-9-8-13(7-6-12-9)10-2-4-11(5-3-10)14(15)16;1-3-2-4-3/h3-6,11-12,18H,7-10H2,1-2H3;2-5,9,12H,6-8H2,1H3;3H,2H2,1H3/t11-,12+;9-;3-/m110/s1. The first kappa shape index (κ1) is 31.2. The van der Waals surface area contributed by atoms with E-state index in [1.54, 1.807) is 43.3 Å². The van der Waals surface area contributed by atoms with Gasteiger partial charge in [0, 0.05) is 93.5 Å². The predicted octanol–water partition coefficient (Wildman–Crippen LogP) is 3.28. The van der Waals surface area contributed by atoms with Crippen LogP contribution in [0.4, 0.5) is 22.7 Å². The summed E-state index contributed by atoms with van der Waals surface area (Å²) in [6, 6.07) is 14.3. The summed E-state index contributed by atoms with van der Waals surface area (Å²) in [6.07, 6.45) is 0.267. The summed E-state index contributed by atoms with van der Waals surface area (Å²) in [6.45, 7) is 15.3. The predicted molar refractivity (Wildman–Crippen MR) is 156 cm³/mol. The number of non-ortho nitro benzene ring substituents is 2. The van der Waals surface area contributed by atoms with Gasteiger partial charge in [0.05, 0.1) is 28.7 Å². The Hall–Kier alpha value is -3.32. The Bertz CT molecular complexity index is 1080. The summed E-state index contributed by atoms with van der Waals surface area (Å²) >= 11 is 0. The second-order valence-electron chi connectivity index (χ2n) is 10.6. The molecule has 3 saturated heterocycles. The molecule has 3 heterocycles. The minimum absolute atomic E-state index is 0.120. The van der Waals surface area contributed by atoms with E-state index in [-0.39, 0.29) is 27.3 Å². The van der Waals surface area contributed by atoms with Crippen molar-refractivity contribution in [2.24, 2.45) is 0 Å². The Labute approximate surface area is 235 Å². The van der Waals surface area contributed by atoms with Gasteiger partial charge in [-0.15, -0.1) is 0 Å². The SMILES string of the molecule is C[C@@H]1CN(c2ccc([N+](=O)[O-])cc2)CCN1.C[C@H](O)CN1CCN(c2ccc([N+](=O)[O-])cc2)C[C@H]1C.C[C@H]1CO1. The molecule has 0 spiro atoms. The molecular weight excluding hydrogens is 516 g/mol. The van der Waals surface area contributed by atoms with Crippen LogP contribution in [0.1, 0.15) is 27.7 Å². The van der Waals surface area contributed by atoms with Crippen molar-refractivity contribution in [2.75, 3.05) is 62.2 Å². The summed E-state index contributed by atoms with van der Waals surface area (Å²) in [5.74, 6) is 0. The lowest BCUT2D eigenvalue weighted by Gasteiger charge is -2.41. The van der Waals surface area contributed by atoms with Crippen molar-refractivity contribution in [1.29, 1.82) is 0 Å². The molecule has 0 aliphatic carbocycles. The van der Waals surface area contributed by atoms with Crippen LogP contribution in [0.5, 0.6) is 0 Å². The van der Waals surface area contributed by atoms with Crippen LogP contribution in [0, 0.1) is 20.2 Å². The van der Waals surface area contributed by atoms with Gasteiger partial charge in [-0.1, -0.05) is 0 Å². The molecule has 2 aromatic carbocycles. The number of nitro benzene ring substituents is 2. The van der Waals surface area contributed by atoms with Gasteiger partial charge in [-0.3, -0.25) is 25.1 Å². The minimum atomic E-state index is -0.382. The van der Waals surface area contributed by atoms with Crippen molar-refractivity contribution >= 4 is 22.7 Å². The molecule has 40 heavy (non-hydrogen) atoms. The number of nitrogens with zero attached hydrogens (tertiary/aromatic N) is 5. The van der Waals surface area contributed by atoms with Crippen LogP contribution in [-0.4, -0.2) is 96.6 Å². The molecule has 12 nitrogen and oxygen atoms in total. The smallest absolute Gasteiger partial charge is 0.269 e. The van der Waals surface area contributed by atoms with Crippen LogP contribution < -0.4 is 15.1 Å². The first-order valence-corrected chi connectivity index (χ1v) is 13.8. The molecule has 3 fully saturated rings. The largest absolute Gasteiger partial charge is 0.392 e. The average molecular weight is 559 g/mol. The highest BCUT2D eigenvalue weighted by molar-refractivity contribution is 5.52. The highest BCUT2D eigenvalue weighted by atomic mass is 16.6. The van der Waals surface area contributed by atoms with Crippen molar-refractivity contribution in [1.82, 2.24) is 10.2 Å². The number of β-amino-alcohol motifs (C(OH)–C–C–N with tert-alkyl or cyclic N) is 1. The van der Waals surface area contributed by atoms with E-state index >= 15 is 0 Å². The van der Waals surface area contributed by atoms with Crippen LogP contribution in [0.15, 0.2) is 48.5 Å². The number of hydrogen-bond donors (Lipinski definition) is 2. The Morgan fingerprint density at radius 2 is 1.38 bits per heavy atom. The van der Waals surface area contributed by atoms with Crippen LogP contribution in [0.25, 0.3) is 0 Å². The third-order valence-electron chi connectivity index (χ3n) is 6.98. The summed E-state index contributed by atoms with van der Waals surface area (Å²) < 4.78 is 4.71. The molecule has 2 N–H and O–H groups in total. The van der Waals surface area contributed by atoms with E-state index in [0.29, 0.717) is 24.7 Å². The fourth-order valence-electron chi connectivity index (χ4n) is 4.67. The molecule has 0 bridgehead atoms. The van der Waals surface area contributed by atoms with Gasteiger partial charge < -0.3 is 25.0 Å². The lowest BCUT2D eigenvalue weighted by molar-refractivity contribution is -0.385. The quantitative estimate of drug-likeness (QED) is 0.308. The van der Waals surface area contributed by atoms with Crippen LogP contribution in [-0.2, 0) is 4.74 Å². The summed E-state index contributed by atoms with van der Waals surface area (Å²) in [4.78, 5) is 27.2.